The third-order valence-electron chi connectivity index (χ3n) is 2.08. The highest BCUT2D eigenvalue weighted by Gasteiger charge is 2.20. The van der Waals surface area contributed by atoms with Gasteiger partial charge in [0.1, 0.15) is 6.07 Å². The summed E-state index contributed by atoms with van der Waals surface area (Å²) < 4.78 is 23.7. The van der Waals surface area contributed by atoms with Gasteiger partial charge in [-0.3, -0.25) is 4.98 Å². The van der Waals surface area contributed by atoms with Gasteiger partial charge in [-0.1, -0.05) is 0 Å². The van der Waals surface area contributed by atoms with E-state index in [1.165, 1.54) is 6.07 Å². The number of sulfone groups is 1. The minimum Gasteiger partial charge on any atom is -0.257 e. The number of nitrogens with zero attached hydrogens (tertiary/aromatic N) is 2. The molecule has 0 amide bonds. The Kier molecular flexibility index (Phi) is 3.89. The number of aryl methyl sites for hydroxylation is 2. The molecule has 1 heterocycles. The molecule has 0 aliphatic rings. The van der Waals surface area contributed by atoms with Crippen molar-refractivity contribution >= 4 is 21.4 Å². The third-order valence-corrected chi connectivity index (χ3v) is 4.23. The first-order valence-corrected chi connectivity index (χ1v) is 6.78. The Morgan fingerprint density at radius 3 is 2.62 bits per heavy atom. The summed E-state index contributed by atoms with van der Waals surface area (Å²) in [4.78, 5) is 4.09. The predicted molar refractivity (Wildman–Crippen MR) is 61.2 cm³/mol. The maximum atomic E-state index is 11.9. The number of pyridine rings is 1. The molecule has 16 heavy (non-hydrogen) atoms. The van der Waals surface area contributed by atoms with Crippen molar-refractivity contribution in [2.24, 2.45) is 0 Å². The molecule has 86 valence electrons. The first-order valence-electron chi connectivity index (χ1n) is 4.59. The monoisotopic (exact) mass is 258 g/mol. The summed E-state index contributed by atoms with van der Waals surface area (Å²) in [6.07, 6.45) is 0. The second-order valence-corrected chi connectivity index (χ2v) is 5.80. The molecule has 0 N–H and O–H groups in total. The Labute approximate surface area is 99.8 Å². The Balaban J connectivity index is 3.51. The van der Waals surface area contributed by atoms with Crippen molar-refractivity contribution in [3.8, 4) is 6.07 Å². The number of halogens is 1. The number of nitriles is 1. The molecule has 1 aromatic heterocycles. The summed E-state index contributed by atoms with van der Waals surface area (Å²) >= 11 is 5.43. The van der Waals surface area contributed by atoms with E-state index >= 15 is 0 Å². The van der Waals surface area contributed by atoms with E-state index in [1.54, 1.807) is 13.8 Å². The number of aromatic nitrogens is 1. The molecular formula is C10H11ClN2O2S. The molecular weight excluding hydrogens is 248 g/mol. The lowest BCUT2D eigenvalue weighted by Gasteiger charge is -2.07. The molecule has 0 aliphatic carbocycles. The molecule has 0 saturated heterocycles. The van der Waals surface area contributed by atoms with Crippen LogP contribution in [0.2, 0.25) is 0 Å². The molecule has 0 aliphatic heterocycles. The SMILES string of the molecule is Cc1cc(S(=O)(=O)CCCl)c(C#N)c(C)n1. The minimum absolute atomic E-state index is 0.00756. The fourth-order valence-electron chi connectivity index (χ4n) is 1.39. The van der Waals surface area contributed by atoms with Gasteiger partial charge in [0.2, 0.25) is 0 Å². The van der Waals surface area contributed by atoms with Crippen molar-refractivity contribution in [1.82, 2.24) is 4.98 Å². The average Bonchev–Trinajstić information content (AvgIpc) is 2.16. The zero-order chi connectivity index (χ0) is 12.3. The van der Waals surface area contributed by atoms with Crippen molar-refractivity contribution in [2.45, 2.75) is 18.7 Å². The van der Waals surface area contributed by atoms with E-state index in [2.05, 4.69) is 4.98 Å². The van der Waals surface area contributed by atoms with Gasteiger partial charge in [0.05, 0.1) is 21.9 Å². The Hall–Kier alpha value is -1.12. The second kappa shape index (κ2) is 4.81. The largest absolute Gasteiger partial charge is 0.257 e. The van der Waals surface area contributed by atoms with Crippen LogP contribution in [-0.4, -0.2) is 25.0 Å². The summed E-state index contributed by atoms with van der Waals surface area (Å²) in [6.45, 7) is 3.30. The van der Waals surface area contributed by atoms with Gasteiger partial charge in [-0.15, -0.1) is 11.6 Å². The summed E-state index contributed by atoms with van der Waals surface area (Å²) in [5.41, 5.74) is 1.11. The fourth-order valence-corrected chi connectivity index (χ4v) is 3.27. The third kappa shape index (κ3) is 2.52. The first-order chi connectivity index (χ1) is 7.42. The van der Waals surface area contributed by atoms with Crippen LogP contribution in [0.3, 0.4) is 0 Å². The highest BCUT2D eigenvalue weighted by molar-refractivity contribution is 7.91. The van der Waals surface area contributed by atoms with E-state index in [9.17, 15) is 8.42 Å². The lowest BCUT2D eigenvalue weighted by atomic mass is 10.2. The van der Waals surface area contributed by atoms with Gasteiger partial charge in [-0.25, -0.2) is 8.42 Å². The molecule has 0 aromatic carbocycles. The van der Waals surface area contributed by atoms with Crippen LogP contribution in [-0.2, 0) is 9.84 Å². The number of hydrogen-bond acceptors (Lipinski definition) is 4. The lowest BCUT2D eigenvalue weighted by molar-refractivity contribution is 0.596. The van der Waals surface area contributed by atoms with Crippen LogP contribution in [0.4, 0.5) is 0 Å². The van der Waals surface area contributed by atoms with Crippen LogP contribution in [0.5, 0.6) is 0 Å². The number of rotatable bonds is 3. The van der Waals surface area contributed by atoms with Gasteiger partial charge in [-0.2, -0.15) is 5.26 Å². The molecule has 1 aromatic rings. The topological polar surface area (TPSA) is 70.8 Å². The van der Waals surface area contributed by atoms with Gasteiger partial charge >= 0.3 is 0 Å². The molecule has 0 bridgehead atoms. The van der Waals surface area contributed by atoms with Crippen molar-refractivity contribution < 1.29 is 8.42 Å². The Morgan fingerprint density at radius 2 is 2.12 bits per heavy atom. The van der Waals surface area contributed by atoms with Gasteiger partial charge in [0.15, 0.2) is 9.84 Å². The van der Waals surface area contributed by atoms with Gasteiger partial charge in [-0.05, 0) is 19.9 Å². The van der Waals surface area contributed by atoms with E-state index in [4.69, 9.17) is 16.9 Å². The highest BCUT2D eigenvalue weighted by atomic mass is 35.5. The van der Waals surface area contributed by atoms with Crippen LogP contribution in [0.15, 0.2) is 11.0 Å². The lowest BCUT2D eigenvalue weighted by Crippen LogP contribution is -2.12. The molecule has 0 unspecified atom stereocenters. The summed E-state index contributed by atoms with van der Waals surface area (Å²) in [5.74, 6) is -0.167. The second-order valence-electron chi connectivity index (χ2n) is 3.34. The normalized spacial score (nSPS) is 11.1. The van der Waals surface area contributed by atoms with E-state index < -0.39 is 9.84 Å². The molecule has 0 saturated carbocycles. The van der Waals surface area contributed by atoms with Crippen molar-refractivity contribution in [2.75, 3.05) is 11.6 Å². The smallest absolute Gasteiger partial charge is 0.180 e. The molecule has 0 spiro atoms. The van der Waals surface area contributed by atoms with Crippen LogP contribution in [0.25, 0.3) is 0 Å². The maximum absolute atomic E-state index is 11.9. The van der Waals surface area contributed by atoms with E-state index in [1.807, 2.05) is 6.07 Å². The van der Waals surface area contributed by atoms with Crippen molar-refractivity contribution in [3.05, 3.63) is 23.0 Å². The van der Waals surface area contributed by atoms with E-state index in [0.29, 0.717) is 11.4 Å². The molecule has 0 atom stereocenters. The standard InChI is InChI=1S/C10H11ClN2O2S/c1-7-5-10(16(14,15)4-3-11)9(6-12)8(2)13-7/h5H,3-4H2,1-2H3. The predicted octanol–water partition coefficient (Wildman–Crippen LogP) is 1.58. The maximum Gasteiger partial charge on any atom is 0.180 e. The molecule has 6 heteroatoms. The average molecular weight is 259 g/mol. The summed E-state index contributed by atoms with van der Waals surface area (Å²) in [7, 11) is -3.49. The fraction of sp³-hybridized carbons (Fsp3) is 0.400. The van der Waals surface area contributed by atoms with Crippen LogP contribution >= 0.6 is 11.6 Å². The van der Waals surface area contributed by atoms with Gasteiger partial charge in [0.25, 0.3) is 0 Å². The minimum atomic E-state index is -3.49. The molecule has 0 radical (unpaired) electrons. The van der Waals surface area contributed by atoms with E-state index in [-0.39, 0.29) is 22.1 Å². The zero-order valence-electron chi connectivity index (χ0n) is 8.99. The number of alkyl halides is 1. The van der Waals surface area contributed by atoms with Crippen LogP contribution in [0.1, 0.15) is 17.0 Å². The Morgan fingerprint density at radius 1 is 1.50 bits per heavy atom. The summed E-state index contributed by atoms with van der Waals surface area (Å²) in [5, 5.41) is 8.93. The quantitative estimate of drug-likeness (QED) is 0.772. The molecule has 4 nitrogen and oxygen atoms in total. The van der Waals surface area contributed by atoms with Gasteiger partial charge < -0.3 is 0 Å². The van der Waals surface area contributed by atoms with Crippen molar-refractivity contribution in [1.29, 1.82) is 5.26 Å². The highest BCUT2D eigenvalue weighted by Crippen LogP contribution is 2.20. The van der Waals surface area contributed by atoms with E-state index in [0.717, 1.165) is 0 Å². The number of hydrogen-bond donors (Lipinski definition) is 0. The van der Waals surface area contributed by atoms with Crippen molar-refractivity contribution in [3.63, 3.8) is 0 Å². The van der Waals surface area contributed by atoms with Crippen LogP contribution in [0, 0.1) is 25.2 Å². The molecule has 0 fully saturated rings. The van der Waals surface area contributed by atoms with Gasteiger partial charge in [0, 0.05) is 11.6 Å². The van der Waals surface area contributed by atoms with Crippen LogP contribution < -0.4 is 0 Å². The molecule has 1 rings (SSSR count). The zero-order valence-corrected chi connectivity index (χ0v) is 10.6. The summed E-state index contributed by atoms with van der Waals surface area (Å²) in [6, 6.07) is 3.28. The first kappa shape index (κ1) is 12.9. The Bertz CT molecular complexity index is 547.